The molecule has 1 N–H and O–H groups in total. The van der Waals surface area contributed by atoms with Crippen molar-refractivity contribution in [3.63, 3.8) is 0 Å². The van der Waals surface area contributed by atoms with E-state index >= 15 is 0 Å². The summed E-state index contributed by atoms with van der Waals surface area (Å²) in [6.07, 6.45) is 4.64. The maximum atomic E-state index is 12.8. The van der Waals surface area contributed by atoms with Gasteiger partial charge in [0.05, 0.1) is 12.5 Å². The van der Waals surface area contributed by atoms with E-state index in [0.29, 0.717) is 13.1 Å². The average molecular weight is 322 g/mol. The fraction of sp³-hybridized carbons (Fsp3) is 0.368. The molecule has 5 heteroatoms. The molecular weight excluding hydrogens is 300 g/mol. The SMILES string of the molecule is Cc1nccn1CC(C)C(=O)N1CCc2c([nH]c3ccccc23)C1. The summed E-state index contributed by atoms with van der Waals surface area (Å²) in [5.41, 5.74) is 3.72. The Morgan fingerprint density at radius 2 is 2.21 bits per heavy atom. The Kier molecular flexibility index (Phi) is 3.63. The Hall–Kier alpha value is -2.56. The van der Waals surface area contributed by atoms with Crippen LogP contribution in [0.15, 0.2) is 36.7 Å². The predicted octanol–water partition coefficient (Wildman–Crippen LogP) is 2.89. The third-order valence-electron chi connectivity index (χ3n) is 5.01. The zero-order chi connectivity index (χ0) is 16.7. The van der Waals surface area contributed by atoms with Crippen LogP contribution >= 0.6 is 0 Å². The van der Waals surface area contributed by atoms with E-state index in [0.717, 1.165) is 18.8 Å². The van der Waals surface area contributed by atoms with Crippen LogP contribution in [-0.2, 0) is 24.3 Å². The first-order valence-electron chi connectivity index (χ1n) is 8.48. The maximum absolute atomic E-state index is 12.8. The normalized spacial score (nSPS) is 15.5. The Balaban J connectivity index is 1.51. The Morgan fingerprint density at radius 1 is 1.38 bits per heavy atom. The summed E-state index contributed by atoms with van der Waals surface area (Å²) in [5, 5.41) is 1.29. The molecule has 1 amide bonds. The molecule has 0 saturated carbocycles. The molecular formula is C19H22N4O. The topological polar surface area (TPSA) is 53.9 Å². The molecule has 0 spiro atoms. The van der Waals surface area contributed by atoms with Crippen LogP contribution in [0.4, 0.5) is 0 Å². The molecule has 1 aliphatic heterocycles. The molecule has 0 fully saturated rings. The fourth-order valence-electron chi connectivity index (χ4n) is 3.66. The molecule has 1 aliphatic rings. The average Bonchev–Trinajstić information content (AvgIpc) is 3.16. The molecule has 0 bridgehead atoms. The predicted molar refractivity (Wildman–Crippen MR) is 93.5 cm³/mol. The van der Waals surface area contributed by atoms with Crippen LogP contribution in [0.1, 0.15) is 24.0 Å². The molecule has 3 aromatic rings. The quantitative estimate of drug-likeness (QED) is 0.806. The third-order valence-corrected chi connectivity index (χ3v) is 5.01. The van der Waals surface area contributed by atoms with Gasteiger partial charge in [-0.1, -0.05) is 25.1 Å². The Morgan fingerprint density at radius 3 is 3.00 bits per heavy atom. The van der Waals surface area contributed by atoms with E-state index in [-0.39, 0.29) is 11.8 Å². The van der Waals surface area contributed by atoms with Crippen LogP contribution in [-0.4, -0.2) is 31.9 Å². The first-order valence-corrected chi connectivity index (χ1v) is 8.48. The number of carbonyl (C=O) groups is 1. The lowest BCUT2D eigenvalue weighted by atomic mass is 10.0. The minimum Gasteiger partial charge on any atom is -0.357 e. The van der Waals surface area contributed by atoms with Gasteiger partial charge < -0.3 is 14.5 Å². The first kappa shape index (κ1) is 15.0. The summed E-state index contributed by atoms with van der Waals surface area (Å²) in [6.45, 7) is 6.12. The van der Waals surface area contributed by atoms with Gasteiger partial charge >= 0.3 is 0 Å². The van der Waals surface area contributed by atoms with Gasteiger partial charge in [0.2, 0.25) is 5.91 Å². The van der Waals surface area contributed by atoms with Crippen LogP contribution in [0, 0.1) is 12.8 Å². The highest BCUT2D eigenvalue weighted by atomic mass is 16.2. The molecule has 2 aromatic heterocycles. The number of aromatic amines is 1. The van der Waals surface area contributed by atoms with Crippen molar-refractivity contribution in [3.8, 4) is 0 Å². The maximum Gasteiger partial charge on any atom is 0.227 e. The number of nitrogens with zero attached hydrogens (tertiary/aromatic N) is 3. The largest absolute Gasteiger partial charge is 0.357 e. The number of amides is 1. The van der Waals surface area contributed by atoms with Crippen LogP contribution in [0.3, 0.4) is 0 Å². The number of benzene rings is 1. The molecule has 4 rings (SSSR count). The number of aromatic nitrogens is 3. The van der Waals surface area contributed by atoms with E-state index in [1.54, 1.807) is 6.20 Å². The molecule has 5 nitrogen and oxygen atoms in total. The fourth-order valence-corrected chi connectivity index (χ4v) is 3.66. The van der Waals surface area contributed by atoms with E-state index in [4.69, 9.17) is 0 Å². The van der Waals surface area contributed by atoms with Crippen molar-refractivity contribution in [1.82, 2.24) is 19.4 Å². The van der Waals surface area contributed by atoms with E-state index in [2.05, 4.69) is 28.2 Å². The smallest absolute Gasteiger partial charge is 0.227 e. The van der Waals surface area contributed by atoms with Crippen LogP contribution in [0.25, 0.3) is 10.9 Å². The number of hydrogen-bond acceptors (Lipinski definition) is 2. The molecule has 0 radical (unpaired) electrons. The van der Waals surface area contributed by atoms with Crippen molar-refractivity contribution in [3.05, 3.63) is 53.7 Å². The number of aryl methyl sites for hydroxylation is 1. The second-order valence-electron chi connectivity index (χ2n) is 6.67. The second-order valence-corrected chi connectivity index (χ2v) is 6.67. The lowest BCUT2D eigenvalue weighted by Gasteiger charge is -2.29. The van der Waals surface area contributed by atoms with Gasteiger partial charge in [0.15, 0.2) is 0 Å². The van der Waals surface area contributed by atoms with Crippen molar-refractivity contribution >= 4 is 16.8 Å². The van der Waals surface area contributed by atoms with Gasteiger partial charge in [0.1, 0.15) is 5.82 Å². The van der Waals surface area contributed by atoms with Gasteiger partial charge in [-0.3, -0.25) is 4.79 Å². The highest BCUT2D eigenvalue weighted by Crippen LogP contribution is 2.28. The van der Waals surface area contributed by atoms with Gasteiger partial charge in [-0.05, 0) is 25.0 Å². The number of imidazole rings is 1. The molecule has 0 saturated heterocycles. The van der Waals surface area contributed by atoms with E-state index < -0.39 is 0 Å². The zero-order valence-corrected chi connectivity index (χ0v) is 14.1. The van der Waals surface area contributed by atoms with Gasteiger partial charge in [-0.25, -0.2) is 4.98 Å². The third kappa shape index (κ3) is 2.50. The van der Waals surface area contributed by atoms with Crippen LogP contribution in [0.2, 0.25) is 0 Å². The van der Waals surface area contributed by atoms with Crippen LogP contribution in [0.5, 0.6) is 0 Å². The number of nitrogens with one attached hydrogen (secondary N) is 1. The Bertz CT molecular complexity index is 892. The number of carbonyl (C=O) groups excluding carboxylic acids is 1. The van der Waals surface area contributed by atoms with Crippen molar-refractivity contribution in [2.24, 2.45) is 5.92 Å². The summed E-state index contributed by atoms with van der Waals surface area (Å²) >= 11 is 0. The molecule has 3 heterocycles. The standard InChI is InChI=1S/C19H22N4O/c1-13(11-22-10-8-20-14(22)2)19(24)23-9-7-16-15-5-3-4-6-17(15)21-18(16)12-23/h3-6,8,10,13,21H,7,9,11-12H2,1-2H3. The minimum absolute atomic E-state index is 0.0520. The minimum atomic E-state index is -0.0520. The molecule has 1 aromatic carbocycles. The zero-order valence-electron chi connectivity index (χ0n) is 14.1. The summed E-state index contributed by atoms with van der Waals surface area (Å²) in [7, 11) is 0. The van der Waals surface area contributed by atoms with Crippen molar-refractivity contribution < 1.29 is 4.79 Å². The monoisotopic (exact) mass is 322 g/mol. The van der Waals surface area contributed by atoms with E-state index in [1.165, 1.54) is 22.2 Å². The van der Waals surface area contributed by atoms with Crippen LogP contribution < -0.4 is 0 Å². The number of hydrogen-bond donors (Lipinski definition) is 1. The molecule has 124 valence electrons. The number of para-hydroxylation sites is 1. The van der Waals surface area contributed by atoms with Crippen molar-refractivity contribution in [2.75, 3.05) is 6.54 Å². The molecule has 0 aliphatic carbocycles. The number of fused-ring (bicyclic) bond motifs is 3. The lowest BCUT2D eigenvalue weighted by molar-refractivity contribution is -0.136. The Labute approximate surface area is 141 Å². The van der Waals surface area contributed by atoms with E-state index in [9.17, 15) is 4.79 Å². The molecule has 1 atom stereocenters. The van der Waals surface area contributed by atoms with Gasteiger partial charge in [-0.2, -0.15) is 0 Å². The lowest BCUT2D eigenvalue weighted by Crippen LogP contribution is -2.40. The van der Waals surface area contributed by atoms with E-state index in [1.807, 2.05) is 35.6 Å². The summed E-state index contributed by atoms with van der Waals surface area (Å²) < 4.78 is 2.04. The van der Waals surface area contributed by atoms with Gasteiger partial charge in [0, 0.05) is 42.1 Å². The van der Waals surface area contributed by atoms with Gasteiger partial charge in [-0.15, -0.1) is 0 Å². The van der Waals surface area contributed by atoms with Crippen molar-refractivity contribution in [1.29, 1.82) is 0 Å². The first-order chi connectivity index (χ1) is 11.6. The molecule has 1 unspecified atom stereocenters. The molecule has 24 heavy (non-hydrogen) atoms. The second kappa shape index (κ2) is 5.82. The number of H-pyrrole nitrogens is 1. The van der Waals surface area contributed by atoms with Gasteiger partial charge in [0.25, 0.3) is 0 Å². The highest BCUT2D eigenvalue weighted by Gasteiger charge is 2.27. The summed E-state index contributed by atoms with van der Waals surface area (Å²) in [4.78, 5) is 22.5. The highest BCUT2D eigenvalue weighted by molar-refractivity contribution is 5.86. The van der Waals surface area contributed by atoms with Crippen molar-refractivity contribution in [2.45, 2.75) is 33.4 Å². The number of rotatable bonds is 3. The summed E-state index contributed by atoms with van der Waals surface area (Å²) in [6, 6.07) is 8.38. The summed E-state index contributed by atoms with van der Waals surface area (Å²) in [5.74, 6) is 1.11.